The van der Waals surface area contributed by atoms with Crippen LogP contribution in [-0.4, -0.2) is 65.6 Å². The molecule has 1 aromatic rings. The average molecular weight is 297 g/mol. The molecule has 1 amide bonds. The summed E-state index contributed by atoms with van der Waals surface area (Å²) in [5, 5.41) is 3.93. The molecule has 0 unspecified atom stereocenters. The van der Waals surface area contributed by atoms with Gasteiger partial charge in [-0.25, -0.2) is 0 Å². The van der Waals surface area contributed by atoms with E-state index in [2.05, 4.69) is 10.2 Å². The van der Waals surface area contributed by atoms with Crippen LogP contribution in [0.1, 0.15) is 17.4 Å². The zero-order chi connectivity index (χ0) is 14.1. The molecule has 5 nitrogen and oxygen atoms in total. The van der Waals surface area contributed by atoms with E-state index in [0.29, 0.717) is 16.8 Å². The van der Waals surface area contributed by atoms with Crippen molar-refractivity contribution in [2.24, 2.45) is 0 Å². The third kappa shape index (κ3) is 2.57. The maximum atomic E-state index is 12.6. The van der Waals surface area contributed by atoms with E-state index in [1.54, 1.807) is 6.07 Å². The molecule has 3 heterocycles. The first-order valence-electron chi connectivity index (χ1n) is 7.28. The molecular formula is C14H21ClN4O. The Hall–Kier alpha value is -1.04. The Labute approximate surface area is 124 Å². The Morgan fingerprint density at radius 3 is 2.60 bits per heavy atom. The van der Waals surface area contributed by atoms with Crippen LogP contribution in [0.15, 0.2) is 12.3 Å². The van der Waals surface area contributed by atoms with Gasteiger partial charge in [-0.2, -0.15) is 0 Å². The van der Waals surface area contributed by atoms with Gasteiger partial charge in [-0.15, -0.1) is 0 Å². The van der Waals surface area contributed by atoms with Crippen LogP contribution in [-0.2, 0) is 6.54 Å². The summed E-state index contributed by atoms with van der Waals surface area (Å²) in [4.78, 5) is 17.0. The number of nitrogens with zero attached hydrogens (tertiary/aromatic N) is 3. The molecule has 1 aromatic heterocycles. The van der Waals surface area contributed by atoms with E-state index < -0.39 is 0 Å². The first kappa shape index (κ1) is 13.9. The second kappa shape index (κ2) is 5.76. The first-order chi connectivity index (χ1) is 9.69. The van der Waals surface area contributed by atoms with Gasteiger partial charge in [0.25, 0.3) is 5.91 Å². The Bertz CT molecular complexity index is 489. The standard InChI is InChI=1S/C14H21ClN4O/c1-2-17-10-11(15)7-13(17)14(20)19-5-3-18(4-6-19)12-8-16-9-12/h7,10,12,16H,2-6,8-9H2,1H3. The fraction of sp³-hybridized carbons (Fsp3) is 0.643. The Balaban J connectivity index is 1.63. The van der Waals surface area contributed by atoms with Crippen LogP contribution in [0.25, 0.3) is 0 Å². The summed E-state index contributed by atoms with van der Waals surface area (Å²) < 4.78 is 1.92. The van der Waals surface area contributed by atoms with Gasteiger partial charge in [-0.3, -0.25) is 9.69 Å². The van der Waals surface area contributed by atoms with Gasteiger partial charge in [0.15, 0.2) is 0 Å². The van der Waals surface area contributed by atoms with E-state index in [1.165, 1.54) is 0 Å². The second-order valence-corrected chi connectivity index (χ2v) is 5.91. The van der Waals surface area contributed by atoms with Gasteiger partial charge in [-0.1, -0.05) is 11.6 Å². The molecule has 0 radical (unpaired) electrons. The molecule has 0 aliphatic carbocycles. The minimum Gasteiger partial charge on any atom is -0.342 e. The molecule has 2 saturated heterocycles. The van der Waals surface area contributed by atoms with E-state index >= 15 is 0 Å². The van der Waals surface area contributed by atoms with Crippen LogP contribution in [0.5, 0.6) is 0 Å². The number of hydrogen-bond acceptors (Lipinski definition) is 3. The van der Waals surface area contributed by atoms with Crippen molar-refractivity contribution in [2.75, 3.05) is 39.3 Å². The van der Waals surface area contributed by atoms with Gasteiger partial charge in [0.2, 0.25) is 0 Å². The minimum absolute atomic E-state index is 0.102. The van der Waals surface area contributed by atoms with E-state index in [0.717, 1.165) is 45.8 Å². The molecule has 2 aliphatic heterocycles. The summed E-state index contributed by atoms with van der Waals surface area (Å²) >= 11 is 6.01. The van der Waals surface area contributed by atoms with E-state index in [4.69, 9.17) is 11.6 Å². The van der Waals surface area contributed by atoms with Gasteiger partial charge < -0.3 is 14.8 Å². The molecule has 0 spiro atoms. The number of nitrogens with one attached hydrogen (secondary N) is 1. The first-order valence-corrected chi connectivity index (χ1v) is 7.66. The van der Waals surface area contributed by atoms with Gasteiger partial charge >= 0.3 is 0 Å². The van der Waals surface area contributed by atoms with Crippen LogP contribution in [0.2, 0.25) is 5.02 Å². The smallest absolute Gasteiger partial charge is 0.270 e. The fourth-order valence-corrected chi connectivity index (χ4v) is 3.12. The largest absolute Gasteiger partial charge is 0.342 e. The van der Waals surface area contributed by atoms with Crippen LogP contribution >= 0.6 is 11.6 Å². The van der Waals surface area contributed by atoms with E-state index in [1.807, 2.05) is 22.6 Å². The predicted molar refractivity (Wildman–Crippen MR) is 79.3 cm³/mol. The van der Waals surface area contributed by atoms with Crippen molar-refractivity contribution >= 4 is 17.5 Å². The minimum atomic E-state index is 0.102. The second-order valence-electron chi connectivity index (χ2n) is 5.47. The number of aromatic nitrogens is 1. The normalized spacial score (nSPS) is 21.0. The number of piperazine rings is 1. The summed E-state index contributed by atoms with van der Waals surface area (Å²) in [6.07, 6.45) is 1.82. The van der Waals surface area contributed by atoms with Crippen LogP contribution in [0, 0.1) is 0 Å². The van der Waals surface area contributed by atoms with Crippen molar-refractivity contribution in [2.45, 2.75) is 19.5 Å². The highest BCUT2D eigenvalue weighted by atomic mass is 35.5. The maximum absolute atomic E-state index is 12.6. The SMILES string of the molecule is CCn1cc(Cl)cc1C(=O)N1CCN(C2CNC2)CC1. The topological polar surface area (TPSA) is 40.5 Å². The molecule has 0 aromatic carbocycles. The molecule has 2 fully saturated rings. The highest BCUT2D eigenvalue weighted by molar-refractivity contribution is 6.31. The van der Waals surface area contributed by atoms with Gasteiger partial charge in [0.05, 0.1) is 5.02 Å². The van der Waals surface area contributed by atoms with Crippen molar-refractivity contribution in [1.82, 2.24) is 19.7 Å². The van der Waals surface area contributed by atoms with Crippen molar-refractivity contribution in [3.63, 3.8) is 0 Å². The molecule has 1 N–H and O–H groups in total. The Morgan fingerprint density at radius 2 is 2.05 bits per heavy atom. The lowest BCUT2D eigenvalue weighted by molar-refractivity contribution is 0.0493. The fourth-order valence-electron chi connectivity index (χ4n) is 2.90. The Kier molecular flexibility index (Phi) is 4.01. The molecule has 20 heavy (non-hydrogen) atoms. The van der Waals surface area contributed by atoms with Crippen molar-refractivity contribution in [3.05, 3.63) is 23.0 Å². The number of carbonyl (C=O) groups is 1. The third-order valence-electron chi connectivity index (χ3n) is 4.30. The summed E-state index contributed by atoms with van der Waals surface area (Å²) in [5.74, 6) is 0.102. The number of amides is 1. The zero-order valence-electron chi connectivity index (χ0n) is 11.8. The quantitative estimate of drug-likeness (QED) is 0.901. The zero-order valence-corrected chi connectivity index (χ0v) is 12.6. The molecule has 2 aliphatic rings. The average Bonchev–Trinajstić information content (AvgIpc) is 2.78. The van der Waals surface area contributed by atoms with Gasteiger partial charge in [-0.05, 0) is 13.0 Å². The van der Waals surface area contributed by atoms with E-state index in [-0.39, 0.29) is 5.91 Å². The number of rotatable bonds is 3. The van der Waals surface area contributed by atoms with Gasteiger partial charge in [0.1, 0.15) is 5.69 Å². The van der Waals surface area contributed by atoms with Gasteiger partial charge in [0, 0.05) is 58.1 Å². The molecule has 110 valence electrons. The van der Waals surface area contributed by atoms with E-state index in [9.17, 15) is 4.79 Å². The summed E-state index contributed by atoms with van der Waals surface area (Å²) in [7, 11) is 0. The summed E-state index contributed by atoms with van der Waals surface area (Å²) in [6, 6.07) is 2.44. The third-order valence-corrected chi connectivity index (χ3v) is 4.51. The highest BCUT2D eigenvalue weighted by Crippen LogP contribution is 2.18. The highest BCUT2D eigenvalue weighted by Gasteiger charge is 2.30. The molecular weight excluding hydrogens is 276 g/mol. The molecule has 3 rings (SSSR count). The van der Waals surface area contributed by atoms with Crippen LogP contribution in [0.3, 0.4) is 0 Å². The summed E-state index contributed by atoms with van der Waals surface area (Å²) in [6.45, 7) is 8.52. The molecule has 0 saturated carbocycles. The lowest BCUT2D eigenvalue weighted by atomic mass is 10.1. The van der Waals surface area contributed by atoms with Crippen molar-refractivity contribution in [3.8, 4) is 0 Å². The number of aryl methyl sites for hydroxylation is 1. The molecule has 0 bridgehead atoms. The lowest BCUT2D eigenvalue weighted by Gasteiger charge is -2.43. The maximum Gasteiger partial charge on any atom is 0.270 e. The summed E-state index contributed by atoms with van der Waals surface area (Å²) in [5.41, 5.74) is 0.705. The number of carbonyl (C=O) groups excluding carboxylic acids is 1. The van der Waals surface area contributed by atoms with Crippen LogP contribution in [0.4, 0.5) is 0 Å². The number of halogens is 1. The number of hydrogen-bond donors (Lipinski definition) is 1. The van der Waals surface area contributed by atoms with Crippen LogP contribution < -0.4 is 5.32 Å². The van der Waals surface area contributed by atoms with Crippen molar-refractivity contribution < 1.29 is 4.79 Å². The monoisotopic (exact) mass is 296 g/mol. The Morgan fingerprint density at radius 1 is 1.35 bits per heavy atom. The molecule has 6 heteroatoms. The lowest BCUT2D eigenvalue weighted by Crippen LogP contribution is -2.62. The predicted octanol–water partition coefficient (Wildman–Crippen LogP) is 0.891. The molecule has 0 atom stereocenters. The van der Waals surface area contributed by atoms with Crippen molar-refractivity contribution in [1.29, 1.82) is 0 Å².